The number of rotatable bonds is 8. The third kappa shape index (κ3) is 5.84. The molecule has 0 aromatic carbocycles. The molecule has 0 aromatic heterocycles. The lowest BCUT2D eigenvalue weighted by Gasteiger charge is -2.33. The first-order chi connectivity index (χ1) is 6.54. The maximum absolute atomic E-state index is 9.15. The average Bonchev–Trinajstić information content (AvgIpc) is 2.17. The first kappa shape index (κ1) is 14.2. The number of hydrogen-bond acceptors (Lipinski definition) is 2. The molecule has 0 rings (SSSR count). The quantitative estimate of drug-likeness (QED) is 0.503. The molecule has 0 saturated carbocycles. The Labute approximate surface area is 93.2 Å². The zero-order valence-electron chi connectivity index (χ0n) is 9.72. The van der Waals surface area contributed by atoms with Gasteiger partial charge in [-0.3, -0.25) is 4.90 Å². The average molecular weight is 222 g/mol. The second-order valence-electron chi connectivity index (χ2n) is 4.50. The molecular weight excluding hydrogens is 198 g/mol. The van der Waals surface area contributed by atoms with Gasteiger partial charge in [-0.1, -0.05) is 12.8 Å². The fourth-order valence-electron chi connectivity index (χ4n) is 1.22. The Morgan fingerprint density at radius 3 is 2.21 bits per heavy atom. The number of halogens is 1. The summed E-state index contributed by atoms with van der Waals surface area (Å²) in [5.74, 6) is 0.776. The van der Waals surface area contributed by atoms with Crippen LogP contribution in [-0.2, 0) is 0 Å². The van der Waals surface area contributed by atoms with Crippen molar-refractivity contribution in [3.8, 4) is 0 Å². The van der Waals surface area contributed by atoms with Gasteiger partial charge in [0.1, 0.15) is 0 Å². The number of likely N-dealkylation sites (N-methyl/N-ethyl adjacent to an activating group) is 1. The highest BCUT2D eigenvalue weighted by Gasteiger charge is 2.21. The van der Waals surface area contributed by atoms with Gasteiger partial charge in [-0.05, 0) is 40.3 Å². The van der Waals surface area contributed by atoms with Crippen LogP contribution in [0.15, 0.2) is 0 Å². The highest BCUT2D eigenvalue weighted by Crippen LogP contribution is 2.12. The van der Waals surface area contributed by atoms with Crippen molar-refractivity contribution in [1.29, 1.82) is 0 Å². The van der Waals surface area contributed by atoms with E-state index in [1.54, 1.807) is 0 Å². The van der Waals surface area contributed by atoms with E-state index in [0.29, 0.717) is 0 Å². The summed E-state index contributed by atoms with van der Waals surface area (Å²) >= 11 is 5.59. The number of unbranched alkanes of at least 4 members (excludes halogenated alkanes) is 3. The first-order valence-electron chi connectivity index (χ1n) is 5.42. The largest absolute Gasteiger partial charge is 0.394 e. The van der Waals surface area contributed by atoms with E-state index in [2.05, 4.69) is 25.8 Å². The molecule has 0 fully saturated rings. The summed E-state index contributed by atoms with van der Waals surface area (Å²) in [6.45, 7) is 5.39. The molecule has 0 bridgehead atoms. The van der Waals surface area contributed by atoms with E-state index in [1.165, 1.54) is 19.3 Å². The Morgan fingerprint density at radius 1 is 1.14 bits per heavy atom. The summed E-state index contributed by atoms with van der Waals surface area (Å²) in [6.07, 6.45) is 4.76. The molecule has 86 valence electrons. The molecule has 0 atom stereocenters. The number of aliphatic hydroxyl groups is 1. The highest BCUT2D eigenvalue weighted by atomic mass is 35.5. The van der Waals surface area contributed by atoms with Crippen LogP contribution in [0.5, 0.6) is 0 Å². The molecule has 1 N–H and O–H groups in total. The number of aliphatic hydroxyl groups excluding tert-OH is 1. The molecule has 2 nitrogen and oxygen atoms in total. The summed E-state index contributed by atoms with van der Waals surface area (Å²) in [4.78, 5) is 2.22. The SMILES string of the molecule is CN(CCCCCCCl)C(C)(C)CO. The minimum atomic E-state index is -0.0908. The molecule has 0 radical (unpaired) electrons. The monoisotopic (exact) mass is 221 g/mol. The lowest BCUT2D eigenvalue weighted by atomic mass is 10.0. The van der Waals surface area contributed by atoms with Crippen molar-refractivity contribution in [3.63, 3.8) is 0 Å². The smallest absolute Gasteiger partial charge is 0.0609 e. The van der Waals surface area contributed by atoms with Crippen LogP contribution in [0.1, 0.15) is 39.5 Å². The standard InChI is InChI=1S/C11H24ClNO/c1-11(2,10-14)13(3)9-7-5-4-6-8-12/h14H,4-10H2,1-3H3. The summed E-state index contributed by atoms with van der Waals surface area (Å²) in [6, 6.07) is 0. The topological polar surface area (TPSA) is 23.5 Å². The molecule has 3 heteroatoms. The van der Waals surface area contributed by atoms with Crippen LogP contribution in [0.2, 0.25) is 0 Å². The van der Waals surface area contributed by atoms with Crippen LogP contribution in [-0.4, -0.2) is 41.6 Å². The summed E-state index contributed by atoms with van der Waals surface area (Å²) in [5.41, 5.74) is -0.0908. The lowest BCUT2D eigenvalue weighted by Crippen LogP contribution is -2.44. The Kier molecular flexibility index (Phi) is 7.61. The fraction of sp³-hybridized carbons (Fsp3) is 1.00. The molecule has 0 unspecified atom stereocenters. The van der Waals surface area contributed by atoms with Crippen molar-refractivity contribution >= 4 is 11.6 Å². The number of alkyl halides is 1. The van der Waals surface area contributed by atoms with Crippen LogP contribution in [0.3, 0.4) is 0 Å². The molecule has 0 aromatic rings. The lowest BCUT2D eigenvalue weighted by molar-refractivity contribution is 0.0777. The molecule has 0 spiro atoms. The van der Waals surface area contributed by atoms with Gasteiger partial charge in [0.05, 0.1) is 6.61 Å². The summed E-state index contributed by atoms with van der Waals surface area (Å²) in [7, 11) is 2.07. The van der Waals surface area contributed by atoms with Crippen molar-refractivity contribution in [1.82, 2.24) is 4.90 Å². The van der Waals surface area contributed by atoms with Crippen molar-refractivity contribution in [3.05, 3.63) is 0 Å². The number of nitrogens with zero attached hydrogens (tertiary/aromatic N) is 1. The van der Waals surface area contributed by atoms with Gasteiger partial charge in [-0.2, -0.15) is 0 Å². The molecule has 0 aliphatic carbocycles. The Hall–Kier alpha value is 0.210. The molecule has 0 aliphatic heterocycles. The normalized spacial score (nSPS) is 12.4. The first-order valence-corrected chi connectivity index (χ1v) is 5.96. The van der Waals surface area contributed by atoms with Gasteiger partial charge in [0.2, 0.25) is 0 Å². The van der Waals surface area contributed by atoms with Gasteiger partial charge < -0.3 is 5.11 Å². The molecule has 14 heavy (non-hydrogen) atoms. The second kappa shape index (κ2) is 7.49. The maximum atomic E-state index is 9.15. The minimum Gasteiger partial charge on any atom is -0.394 e. The van der Waals surface area contributed by atoms with E-state index in [0.717, 1.165) is 18.8 Å². The molecular formula is C11H24ClNO. The maximum Gasteiger partial charge on any atom is 0.0609 e. The molecule has 0 saturated heterocycles. The summed E-state index contributed by atoms with van der Waals surface area (Å²) < 4.78 is 0. The van der Waals surface area contributed by atoms with Gasteiger partial charge in [0.25, 0.3) is 0 Å². The highest BCUT2D eigenvalue weighted by molar-refractivity contribution is 6.17. The van der Waals surface area contributed by atoms with Gasteiger partial charge in [-0.25, -0.2) is 0 Å². The van der Waals surface area contributed by atoms with E-state index in [-0.39, 0.29) is 12.1 Å². The minimum absolute atomic E-state index is 0.0908. The zero-order chi connectivity index (χ0) is 11.0. The predicted octanol–water partition coefficient (Wildman–Crippen LogP) is 2.49. The molecule has 0 amide bonds. The van der Waals surface area contributed by atoms with Crippen molar-refractivity contribution in [2.24, 2.45) is 0 Å². The van der Waals surface area contributed by atoms with E-state index in [4.69, 9.17) is 16.7 Å². The third-order valence-electron chi connectivity index (χ3n) is 2.80. The van der Waals surface area contributed by atoms with Crippen LogP contribution in [0.4, 0.5) is 0 Å². The van der Waals surface area contributed by atoms with E-state index >= 15 is 0 Å². The van der Waals surface area contributed by atoms with Crippen molar-refractivity contribution < 1.29 is 5.11 Å². The summed E-state index contributed by atoms with van der Waals surface area (Å²) in [5, 5.41) is 9.15. The second-order valence-corrected chi connectivity index (χ2v) is 4.87. The van der Waals surface area contributed by atoms with Gasteiger partial charge in [0.15, 0.2) is 0 Å². The number of hydrogen-bond donors (Lipinski definition) is 1. The third-order valence-corrected chi connectivity index (χ3v) is 3.06. The molecule has 0 aliphatic rings. The zero-order valence-corrected chi connectivity index (χ0v) is 10.5. The Morgan fingerprint density at radius 2 is 1.71 bits per heavy atom. The van der Waals surface area contributed by atoms with Gasteiger partial charge in [-0.15, -0.1) is 11.6 Å². The van der Waals surface area contributed by atoms with Gasteiger partial charge >= 0.3 is 0 Å². The van der Waals surface area contributed by atoms with Crippen molar-refractivity contribution in [2.75, 3.05) is 26.1 Å². The Balaban J connectivity index is 3.48. The van der Waals surface area contributed by atoms with Crippen LogP contribution < -0.4 is 0 Å². The van der Waals surface area contributed by atoms with Crippen LogP contribution in [0, 0.1) is 0 Å². The van der Waals surface area contributed by atoms with E-state index < -0.39 is 0 Å². The van der Waals surface area contributed by atoms with Crippen LogP contribution in [0.25, 0.3) is 0 Å². The fourth-order valence-corrected chi connectivity index (χ4v) is 1.41. The van der Waals surface area contributed by atoms with Crippen LogP contribution >= 0.6 is 11.6 Å². The Bertz CT molecular complexity index is 139. The molecule has 0 heterocycles. The predicted molar refractivity (Wildman–Crippen MR) is 63.0 cm³/mol. The van der Waals surface area contributed by atoms with E-state index in [1.807, 2.05) is 0 Å². The van der Waals surface area contributed by atoms with Gasteiger partial charge in [0, 0.05) is 11.4 Å². The van der Waals surface area contributed by atoms with Crippen molar-refractivity contribution in [2.45, 2.75) is 45.1 Å². The van der Waals surface area contributed by atoms with E-state index in [9.17, 15) is 0 Å².